The topological polar surface area (TPSA) is 74.6 Å². The van der Waals surface area contributed by atoms with Crippen LogP contribution in [0.2, 0.25) is 0 Å². The first-order chi connectivity index (χ1) is 5.83. The number of aliphatic carboxylic acids is 2. The van der Waals surface area contributed by atoms with Crippen LogP contribution in [0, 0.1) is 0 Å². The fourth-order valence-corrected chi connectivity index (χ4v) is 4.21. The highest BCUT2D eigenvalue weighted by atomic mass is 32.2. The zero-order chi connectivity index (χ0) is 10.2. The van der Waals surface area contributed by atoms with Crippen LogP contribution >= 0.6 is 23.5 Å². The molecule has 0 saturated carbocycles. The molecule has 0 aliphatic carbocycles. The molecule has 0 aromatic carbocycles. The van der Waals surface area contributed by atoms with Crippen molar-refractivity contribution in [2.24, 2.45) is 0 Å². The van der Waals surface area contributed by atoms with Gasteiger partial charge in [-0.3, -0.25) is 9.59 Å². The van der Waals surface area contributed by atoms with Crippen molar-refractivity contribution in [2.45, 2.75) is 28.4 Å². The standard InChI is InChI=1S/C7H10O4S2/c1-7(2)12-3(5(8)9)4(13-7)6(10)11/h3-4H,1-2H3,(H,8,9)(H,10,11)/t3-,4+. The van der Waals surface area contributed by atoms with Crippen molar-refractivity contribution in [1.82, 2.24) is 0 Å². The van der Waals surface area contributed by atoms with Gasteiger partial charge in [-0.1, -0.05) is 0 Å². The second kappa shape index (κ2) is 3.42. The maximum absolute atomic E-state index is 10.7. The summed E-state index contributed by atoms with van der Waals surface area (Å²) in [7, 11) is 0. The number of rotatable bonds is 2. The Hall–Kier alpha value is -0.360. The molecule has 1 rings (SSSR count). The molecule has 2 atom stereocenters. The van der Waals surface area contributed by atoms with E-state index in [0.29, 0.717) is 0 Å². The van der Waals surface area contributed by atoms with Gasteiger partial charge in [-0.15, -0.1) is 23.5 Å². The van der Waals surface area contributed by atoms with E-state index in [2.05, 4.69) is 0 Å². The van der Waals surface area contributed by atoms with Gasteiger partial charge in [-0.2, -0.15) is 0 Å². The average molecular weight is 222 g/mol. The van der Waals surface area contributed by atoms with Crippen LogP contribution in [0.1, 0.15) is 13.8 Å². The number of carboxylic acid groups (broad SMARTS) is 2. The molecule has 1 aliphatic rings. The van der Waals surface area contributed by atoms with Gasteiger partial charge in [0, 0.05) is 0 Å². The van der Waals surface area contributed by atoms with Crippen molar-refractivity contribution >= 4 is 35.5 Å². The minimum Gasteiger partial charge on any atom is -0.480 e. The van der Waals surface area contributed by atoms with Crippen LogP contribution in [0.4, 0.5) is 0 Å². The molecule has 1 aliphatic heterocycles. The Morgan fingerprint density at radius 2 is 1.38 bits per heavy atom. The summed E-state index contributed by atoms with van der Waals surface area (Å²) in [5.41, 5.74) is 0. The molecule has 0 radical (unpaired) electrons. The molecule has 6 heteroatoms. The van der Waals surface area contributed by atoms with E-state index >= 15 is 0 Å². The molecule has 0 aromatic rings. The lowest BCUT2D eigenvalue weighted by molar-refractivity contribution is -0.142. The van der Waals surface area contributed by atoms with Crippen LogP contribution in [0.25, 0.3) is 0 Å². The second-order valence-electron chi connectivity index (χ2n) is 3.15. The van der Waals surface area contributed by atoms with Crippen molar-refractivity contribution in [3.8, 4) is 0 Å². The Balaban J connectivity index is 2.83. The quantitative estimate of drug-likeness (QED) is 0.729. The van der Waals surface area contributed by atoms with E-state index in [1.807, 2.05) is 13.8 Å². The van der Waals surface area contributed by atoms with Crippen molar-refractivity contribution in [2.75, 3.05) is 0 Å². The Bertz CT molecular complexity index is 227. The van der Waals surface area contributed by atoms with E-state index in [1.165, 1.54) is 23.5 Å². The van der Waals surface area contributed by atoms with Gasteiger partial charge in [0.1, 0.15) is 10.5 Å². The van der Waals surface area contributed by atoms with Gasteiger partial charge in [-0.05, 0) is 13.8 Å². The lowest BCUT2D eigenvalue weighted by Crippen LogP contribution is -2.31. The highest BCUT2D eigenvalue weighted by Gasteiger charge is 2.48. The molecule has 0 aromatic heterocycles. The largest absolute Gasteiger partial charge is 0.480 e. The maximum Gasteiger partial charge on any atom is 0.318 e. The molecular weight excluding hydrogens is 212 g/mol. The molecule has 0 bridgehead atoms. The van der Waals surface area contributed by atoms with E-state index in [1.54, 1.807) is 0 Å². The zero-order valence-corrected chi connectivity index (χ0v) is 8.82. The molecule has 74 valence electrons. The number of hydrogen-bond donors (Lipinski definition) is 2. The van der Waals surface area contributed by atoms with Gasteiger partial charge in [0.25, 0.3) is 0 Å². The molecule has 1 saturated heterocycles. The lowest BCUT2D eigenvalue weighted by Gasteiger charge is -2.13. The summed E-state index contributed by atoms with van der Waals surface area (Å²) in [5, 5.41) is 15.9. The number of hydrogen-bond acceptors (Lipinski definition) is 4. The van der Waals surface area contributed by atoms with Crippen LogP contribution in [-0.4, -0.2) is 36.7 Å². The summed E-state index contributed by atoms with van der Waals surface area (Å²) in [4.78, 5) is 21.4. The van der Waals surface area contributed by atoms with Crippen LogP contribution in [0.3, 0.4) is 0 Å². The normalized spacial score (nSPS) is 31.5. The summed E-state index contributed by atoms with van der Waals surface area (Å²) < 4.78 is -0.327. The summed E-state index contributed by atoms with van der Waals surface area (Å²) in [6, 6.07) is 0. The monoisotopic (exact) mass is 222 g/mol. The van der Waals surface area contributed by atoms with E-state index in [4.69, 9.17) is 10.2 Å². The first kappa shape index (κ1) is 10.7. The summed E-state index contributed by atoms with van der Waals surface area (Å²) in [6.45, 7) is 3.67. The lowest BCUT2D eigenvalue weighted by atomic mass is 10.3. The third kappa shape index (κ3) is 2.31. The van der Waals surface area contributed by atoms with Crippen molar-refractivity contribution in [3.63, 3.8) is 0 Å². The third-order valence-corrected chi connectivity index (χ3v) is 4.92. The van der Waals surface area contributed by atoms with Gasteiger partial charge >= 0.3 is 11.9 Å². The van der Waals surface area contributed by atoms with Crippen LogP contribution in [-0.2, 0) is 9.59 Å². The van der Waals surface area contributed by atoms with Gasteiger partial charge in [-0.25, -0.2) is 0 Å². The number of thioether (sulfide) groups is 2. The van der Waals surface area contributed by atoms with Crippen molar-refractivity contribution in [1.29, 1.82) is 0 Å². The third-order valence-electron chi connectivity index (χ3n) is 1.58. The SMILES string of the molecule is CC1(C)S[C@H](C(=O)O)[C@H](C(=O)O)S1. The first-order valence-electron chi connectivity index (χ1n) is 3.65. The Morgan fingerprint density at radius 3 is 1.62 bits per heavy atom. The molecule has 0 amide bonds. The molecule has 0 spiro atoms. The summed E-state index contributed by atoms with van der Waals surface area (Å²) in [6.07, 6.45) is 0. The Morgan fingerprint density at radius 1 is 1.08 bits per heavy atom. The summed E-state index contributed by atoms with van der Waals surface area (Å²) in [5.74, 6) is -2.09. The van der Waals surface area contributed by atoms with Crippen LogP contribution in [0.5, 0.6) is 0 Å². The van der Waals surface area contributed by atoms with Gasteiger partial charge in [0.2, 0.25) is 0 Å². The predicted octanol–water partition coefficient (Wildman–Crippen LogP) is 1.11. The Labute approximate surface area is 84.1 Å². The van der Waals surface area contributed by atoms with Crippen molar-refractivity contribution in [3.05, 3.63) is 0 Å². The highest BCUT2D eigenvalue weighted by Crippen LogP contribution is 2.51. The number of carbonyl (C=O) groups is 2. The Kier molecular flexibility index (Phi) is 2.82. The predicted molar refractivity (Wildman–Crippen MR) is 52.1 cm³/mol. The highest BCUT2D eigenvalue weighted by molar-refractivity contribution is 8.22. The number of carboxylic acids is 2. The molecule has 1 fully saturated rings. The fourth-order valence-electron chi connectivity index (χ4n) is 1.12. The fraction of sp³-hybridized carbons (Fsp3) is 0.714. The minimum absolute atomic E-state index is 0.327. The molecular formula is C7H10O4S2. The van der Waals surface area contributed by atoms with Crippen molar-refractivity contribution < 1.29 is 19.8 Å². The van der Waals surface area contributed by atoms with E-state index < -0.39 is 22.4 Å². The molecule has 13 heavy (non-hydrogen) atoms. The second-order valence-corrected chi connectivity index (χ2v) is 6.94. The molecule has 1 heterocycles. The first-order valence-corrected chi connectivity index (χ1v) is 5.41. The molecule has 0 unspecified atom stereocenters. The molecule has 4 nitrogen and oxygen atoms in total. The van der Waals surface area contributed by atoms with Crippen LogP contribution < -0.4 is 0 Å². The van der Waals surface area contributed by atoms with E-state index in [0.717, 1.165) is 0 Å². The van der Waals surface area contributed by atoms with E-state index in [9.17, 15) is 9.59 Å². The van der Waals surface area contributed by atoms with E-state index in [-0.39, 0.29) is 4.08 Å². The smallest absolute Gasteiger partial charge is 0.318 e. The van der Waals surface area contributed by atoms with Gasteiger partial charge in [0.15, 0.2) is 0 Å². The van der Waals surface area contributed by atoms with Crippen LogP contribution in [0.15, 0.2) is 0 Å². The maximum atomic E-state index is 10.7. The summed E-state index contributed by atoms with van der Waals surface area (Å²) >= 11 is 2.39. The zero-order valence-electron chi connectivity index (χ0n) is 7.18. The minimum atomic E-state index is -1.05. The average Bonchev–Trinajstić information content (AvgIpc) is 2.26. The van der Waals surface area contributed by atoms with Gasteiger partial charge < -0.3 is 10.2 Å². The van der Waals surface area contributed by atoms with Gasteiger partial charge in [0.05, 0.1) is 4.08 Å². The molecule has 2 N–H and O–H groups in total.